The Kier molecular flexibility index (Phi) is 4.89. The van der Waals surface area contributed by atoms with Crippen molar-refractivity contribution in [3.05, 3.63) is 77.1 Å². The zero-order valence-corrected chi connectivity index (χ0v) is 16.6. The first-order valence-electron chi connectivity index (χ1n) is 8.41. The van der Waals surface area contributed by atoms with E-state index >= 15 is 0 Å². The number of thiophene rings is 1. The van der Waals surface area contributed by atoms with Gasteiger partial charge in [0.2, 0.25) is 10.0 Å². The average molecular weight is 447 g/mol. The molecule has 0 fully saturated rings. The van der Waals surface area contributed by atoms with Crippen LogP contribution in [0.2, 0.25) is 0 Å². The minimum atomic E-state index is -4.39. The molecule has 0 bridgehead atoms. The quantitative estimate of drug-likeness (QED) is 0.470. The van der Waals surface area contributed by atoms with Crippen LogP contribution >= 0.6 is 11.3 Å². The van der Waals surface area contributed by atoms with E-state index in [0.717, 1.165) is 23.5 Å². The fourth-order valence-electron chi connectivity index (χ4n) is 2.76. The van der Waals surface area contributed by atoms with Gasteiger partial charge in [0, 0.05) is 6.20 Å². The van der Waals surface area contributed by atoms with Gasteiger partial charge >= 0.3 is 6.18 Å². The summed E-state index contributed by atoms with van der Waals surface area (Å²) in [7, 11) is -3.77. The van der Waals surface area contributed by atoms with Crippen molar-refractivity contribution in [2.75, 3.05) is 0 Å². The number of nitrogens with two attached hydrogens (primary N) is 1. The van der Waals surface area contributed by atoms with Crippen molar-refractivity contribution in [1.82, 2.24) is 9.38 Å². The number of alkyl halides is 3. The number of imidazole rings is 1. The molecule has 0 aliphatic carbocycles. The fraction of sp³-hybridized carbons (Fsp3) is 0.0500. The molecule has 0 atom stereocenters. The second-order valence-electron chi connectivity index (χ2n) is 6.28. The highest BCUT2D eigenvalue weighted by Crippen LogP contribution is 2.31. The van der Waals surface area contributed by atoms with Gasteiger partial charge in [-0.2, -0.15) is 13.2 Å². The van der Waals surface area contributed by atoms with Gasteiger partial charge in [-0.1, -0.05) is 12.1 Å². The molecule has 0 radical (unpaired) electrons. The number of benzene rings is 1. The van der Waals surface area contributed by atoms with Crippen LogP contribution in [0, 0.1) is 11.8 Å². The standard InChI is InChI=1S/C20H12F3N3O2S2/c21-20(22,23)15-4-1-13(2-5-15)14-3-9-18-25-11-16(26(18)12-14)6-7-17-8-10-19(29-17)30(24,27)28/h1-5,8-12H,(H2,24,27,28). The molecule has 0 spiro atoms. The molecule has 3 aromatic heterocycles. The van der Waals surface area contributed by atoms with Gasteiger partial charge in [0.25, 0.3) is 0 Å². The monoisotopic (exact) mass is 447 g/mol. The largest absolute Gasteiger partial charge is 0.416 e. The zero-order chi connectivity index (χ0) is 21.5. The number of sulfonamides is 1. The number of primary sulfonamides is 1. The molecular weight excluding hydrogens is 435 g/mol. The molecule has 0 aliphatic heterocycles. The highest BCUT2D eigenvalue weighted by atomic mass is 32.2. The molecule has 0 aliphatic rings. The molecule has 0 amide bonds. The first-order chi connectivity index (χ1) is 14.1. The third-order valence-corrected chi connectivity index (χ3v) is 6.67. The number of aromatic nitrogens is 2. The lowest BCUT2D eigenvalue weighted by atomic mass is 10.1. The van der Waals surface area contributed by atoms with Crippen molar-refractivity contribution in [1.29, 1.82) is 0 Å². The third-order valence-electron chi connectivity index (χ3n) is 4.23. The van der Waals surface area contributed by atoms with E-state index in [4.69, 9.17) is 5.14 Å². The molecule has 30 heavy (non-hydrogen) atoms. The Morgan fingerprint density at radius 1 is 0.967 bits per heavy atom. The third kappa shape index (κ3) is 4.09. The predicted octanol–water partition coefficient (Wildman–Crippen LogP) is 4.13. The Labute approximate surface area is 173 Å². The van der Waals surface area contributed by atoms with Gasteiger partial charge in [0.1, 0.15) is 15.6 Å². The molecule has 1 aromatic carbocycles. The van der Waals surface area contributed by atoms with Crippen LogP contribution in [-0.4, -0.2) is 17.8 Å². The van der Waals surface area contributed by atoms with E-state index in [9.17, 15) is 21.6 Å². The summed E-state index contributed by atoms with van der Waals surface area (Å²) in [5.74, 6) is 5.81. The van der Waals surface area contributed by atoms with Gasteiger partial charge in [-0.3, -0.25) is 4.40 Å². The molecule has 3 heterocycles. The van der Waals surface area contributed by atoms with Gasteiger partial charge in [0.15, 0.2) is 0 Å². The second-order valence-corrected chi connectivity index (χ2v) is 9.15. The maximum absolute atomic E-state index is 12.8. The minimum absolute atomic E-state index is 0.0227. The van der Waals surface area contributed by atoms with E-state index in [0.29, 0.717) is 27.3 Å². The molecule has 4 aromatic rings. The van der Waals surface area contributed by atoms with Crippen LogP contribution in [0.1, 0.15) is 16.1 Å². The summed E-state index contributed by atoms with van der Waals surface area (Å²) < 4.78 is 62.8. The fourth-order valence-corrected chi connectivity index (χ4v) is 4.34. The summed E-state index contributed by atoms with van der Waals surface area (Å²) in [5, 5.41) is 5.10. The molecule has 0 saturated heterocycles. The van der Waals surface area contributed by atoms with Crippen LogP contribution in [0.5, 0.6) is 0 Å². The van der Waals surface area contributed by atoms with E-state index < -0.39 is 21.8 Å². The normalized spacial score (nSPS) is 12.0. The van der Waals surface area contributed by atoms with Crippen molar-refractivity contribution in [3.8, 4) is 23.0 Å². The van der Waals surface area contributed by atoms with Crippen molar-refractivity contribution in [3.63, 3.8) is 0 Å². The number of hydrogen-bond donors (Lipinski definition) is 1. The summed E-state index contributed by atoms with van der Waals surface area (Å²) in [6, 6.07) is 11.3. The van der Waals surface area contributed by atoms with Gasteiger partial charge < -0.3 is 0 Å². The van der Waals surface area contributed by atoms with Crippen molar-refractivity contribution >= 4 is 27.0 Å². The van der Waals surface area contributed by atoms with Crippen molar-refractivity contribution < 1.29 is 21.6 Å². The van der Waals surface area contributed by atoms with E-state index in [-0.39, 0.29) is 4.21 Å². The Morgan fingerprint density at radius 3 is 2.30 bits per heavy atom. The minimum Gasteiger partial charge on any atom is -0.292 e. The molecule has 4 rings (SSSR count). The van der Waals surface area contributed by atoms with Crippen LogP contribution in [-0.2, 0) is 16.2 Å². The van der Waals surface area contributed by atoms with Gasteiger partial charge in [-0.15, -0.1) is 11.3 Å². The SMILES string of the molecule is NS(=O)(=O)c1ccc(C#Cc2cnc3ccc(-c4ccc(C(F)(F)F)cc4)cn23)s1. The molecule has 0 unspecified atom stereocenters. The van der Waals surface area contributed by atoms with Gasteiger partial charge in [-0.05, 0) is 59.4 Å². The van der Waals surface area contributed by atoms with Crippen molar-refractivity contribution in [2.45, 2.75) is 10.4 Å². The molecule has 2 N–H and O–H groups in total. The maximum Gasteiger partial charge on any atom is 0.416 e. The lowest BCUT2D eigenvalue weighted by Gasteiger charge is -2.08. The molecular formula is C20H12F3N3O2S2. The molecule has 5 nitrogen and oxygen atoms in total. The summed E-state index contributed by atoms with van der Waals surface area (Å²) >= 11 is 0.962. The molecule has 152 valence electrons. The van der Waals surface area contributed by atoms with Crippen LogP contribution in [0.3, 0.4) is 0 Å². The molecule has 0 saturated carbocycles. The molecule has 10 heteroatoms. The Morgan fingerprint density at radius 2 is 1.67 bits per heavy atom. The summed E-state index contributed by atoms with van der Waals surface area (Å²) in [6.07, 6.45) is -1.09. The first-order valence-corrected chi connectivity index (χ1v) is 10.8. The number of halogens is 3. The number of hydrogen-bond acceptors (Lipinski definition) is 4. The lowest BCUT2D eigenvalue weighted by molar-refractivity contribution is -0.137. The smallest absolute Gasteiger partial charge is 0.292 e. The Bertz CT molecular complexity index is 1410. The van der Waals surface area contributed by atoms with Gasteiger partial charge in [0.05, 0.1) is 16.6 Å². The van der Waals surface area contributed by atoms with Crippen LogP contribution in [0.25, 0.3) is 16.8 Å². The maximum atomic E-state index is 12.8. The summed E-state index contributed by atoms with van der Waals surface area (Å²) in [6.45, 7) is 0. The highest BCUT2D eigenvalue weighted by Gasteiger charge is 2.29. The number of pyridine rings is 1. The van der Waals surface area contributed by atoms with Crippen molar-refractivity contribution in [2.24, 2.45) is 5.14 Å². The van der Waals surface area contributed by atoms with Crippen LogP contribution in [0.4, 0.5) is 13.2 Å². The predicted molar refractivity (Wildman–Crippen MR) is 107 cm³/mol. The van der Waals surface area contributed by atoms with Crippen LogP contribution < -0.4 is 5.14 Å². The topological polar surface area (TPSA) is 77.5 Å². The van der Waals surface area contributed by atoms with Crippen LogP contribution in [0.15, 0.2) is 65.1 Å². The average Bonchev–Trinajstić information content (AvgIpc) is 3.32. The zero-order valence-electron chi connectivity index (χ0n) is 15.0. The van der Waals surface area contributed by atoms with E-state index in [2.05, 4.69) is 16.8 Å². The number of fused-ring (bicyclic) bond motifs is 1. The highest BCUT2D eigenvalue weighted by molar-refractivity contribution is 7.91. The lowest BCUT2D eigenvalue weighted by Crippen LogP contribution is -2.09. The van der Waals surface area contributed by atoms with E-state index in [1.807, 2.05) is 0 Å². The Hall–Kier alpha value is -3.13. The van der Waals surface area contributed by atoms with Gasteiger partial charge in [-0.25, -0.2) is 18.5 Å². The number of nitrogens with zero attached hydrogens (tertiary/aromatic N) is 2. The first kappa shape index (κ1) is 20.2. The van der Waals surface area contributed by atoms with E-state index in [1.54, 1.807) is 35.0 Å². The summed E-state index contributed by atoms with van der Waals surface area (Å²) in [5.41, 5.74) is 1.77. The van der Waals surface area contributed by atoms with E-state index in [1.165, 1.54) is 18.2 Å². The Balaban J connectivity index is 1.68. The second kappa shape index (κ2) is 7.28. The number of rotatable bonds is 2. The summed E-state index contributed by atoms with van der Waals surface area (Å²) in [4.78, 5) is 4.78.